The number of thioether (sulfide) groups is 1. The lowest BCUT2D eigenvalue weighted by molar-refractivity contribution is -0.117. The van der Waals surface area contributed by atoms with Gasteiger partial charge >= 0.3 is 6.03 Å². The van der Waals surface area contributed by atoms with Crippen LogP contribution in [-0.4, -0.2) is 27.5 Å². The highest BCUT2D eigenvalue weighted by Gasteiger charge is 2.07. The summed E-state index contributed by atoms with van der Waals surface area (Å²) >= 11 is 1.48. The third-order valence-corrected chi connectivity index (χ3v) is 5.20. The zero-order valence-electron chi connectivity index (χ0n) is 15.9. The molecular weight excluding hydrogens is 386 g/mol. The van der Waals surface area contributed by atoms with Crippen molar-refractivity contribution < 1.29 is 9.59 Å². The molecule has 2 aromatic carbocycles. The number of rotatable bonds is 9. The maximum Gasteiger partial charge on any atom is 0.319 e. The van der Waals surface area contributed by atoms with Crippen LogP contribution in [0.1, 0.15) is 17.5 Å². The van der Waals surface area contributed by atoms with E-state index in [1.54, 1.807) is 6.20 Å². The van der Waals surface area contributed by atoms with E-state index in [1.165, 1.54) is 11.8 Å². The van der Waals surface area contributed by atoms with E-state index in [4.69, 9.17) is 5.73 Å². The van der Waals surface area contributed by atoms with E-state index in [-0.39, 0.29) is 11.9 Å². The monoisotopic (exact) mass is 409 g/mol. The lowest BCUT2D eigenvalue weighted by Crippen LogP contribution is -2.28. The van der Waals surface area contributed by atoms with Crippen molar-refractivity contribution in [1.82, 2.24) is 15.1 Å². The number of urea groups is 1. The second-order valence-corrected chi connectivity index (χ2v) is 7.53. The topological polar surface area (TPSA) is 102 Å². The fourth-order valence-corrected chi connectivity index (χ4v) is 3.62. The number of aromatic nitrogens is 2. The highest BCUT2D eigenvalue weighted by Crippen LogP contribution is 2.27. The highest BCUT2D eigenvalue weighted by molar-refractivity contribution is 7.99. The van der Waals surface area contributed by atoms with Crippen LogP contribution in [0.5, 0.6) is 0 Å². The normalized spacial score (nSPS) is 10.5. The minimum Gasteiger partial charge on any atom is -0.370 e. The molecule has 0 saturated carbocycles. The van der Waals surface area contributed by atoms with Crippen LogP contribution >= 0.6 is 11.8 Å². The van der Waals surface area contributed by atoms with Gasteiger partial charge in [0.25, 0.3) is 0 Å². The third-order valence-electron chi connectivity index (χ3n) is 4.12. The Hall–Kier alpha value is -3.26. The van der Waals surface area contributed by atoms with Crippen molar-refractivity contribution in [3.8, 4) is 0 Å². The fraction of sp³-hybridized carbons (Fsp3) is 0.190. The largest absolute Gasteiger partial charge is 0.370 e. The summed E-state index contributed by atoms with van der Waals surface area (Å²) < 4.78 is 1.86. The second-order valence-electron chi connectivity index (χ2n) is 6.39. The number of nitrogens with zero attached hydrogens (tertiary/aromatic N) is 2. The van der Waals surface area contributed by atoms with Gasteiger partial charge in [-0.15, -0.1) is 11.8 Å². The molecule has 0 spiro atoms. The molecule has 150 valence electrons. The fourth-order valence-electron chi connectivity index (χ4n) is 2.65. The van der Waals surface area contributed by atoms with Crippen LogP contribution < -0.4 is 16.4 Å². The summed E-state index contributed by atoms with van der Waals surface area (Å²) in [6.07, 6.45) is 3.97. The van der Waals surface area contributed by atoms with Gasteiger partial charge in [-0.1, -0.05) is 36.4 Å². The number of hydrogen-bond acceptors (Lipinski definition) is 4. The highest BCUT2D eigenvalue weighted by atomic mass is 32.2. The second kappa shape index (κ2) is 10.3. The lowest BCUT2D eigenvalue weighted by Gasteiger charge is -2.12. The summed E-state index contributed by atoms with van der Waals surface area (Å²) in [5, 5.41) is 9.92. The molecule has 0 unspecified atom stereocenters. The van der Waals surface area contributed by atoms with Crippen molar-refractivity contribution in [3.05, 3.63) is 78.1 Å². The maximum atomic E-state index is 12.3. The first-order valence-corrected chi connectivity index (χ1v) is 10.2. The van der Waals surface area contributed by atoms with E-state index in [2.05, 4.69) is 15.7 Å². The van der Waals surface area contributed by atoms with E-state index in [0.717, 1.165) is 16.0 Å². The predicted molar refractivity (Wildman–Crippen MR) is 115 cm³/mol. The smallest absolute Gasteiger partial charge is 0.319 e. The molecule has 7 nitrogen and oxygen atoms in total. The Balaban J connectivity index is 1.49. The third kappa shape index (κ3) is 6.69. The van der Waals surface area contributed by atoms with Crippen LogP contribution in [0, 0.1) is 0 Å². The molecule has 4 N–H and O–H groups in total. The number of carbonyl (C=O) groups excluding carboxylic acids is 2. The molecule has 0 aliphatic rings. The number of carbonyl (C=O) groups is 2. The Morgan fingerprint density at radius 1 is 1.03 bits per heavy atom. The zero-order chi connectivity index (χ0) is 20.5. The Bertz CT molecular complexity index is 942. The van der Waals surface area contributed by atoms with Gasteiger partial charge in [-0.2, -0.15) is 5.10 Å². The van der Waals surface area contributed by atoms with Gasteiger partial charge in [0.1, 0.15) is 0 Å². The molecular formula is C21H23N5O2S. The van der Waals surface area contributed by atoms with Crippen LogP contribution in [0.3, 0.4) is 0 Å². The molecule has 3 amide bonds. The van der Waals surface area contributed by atoms with Crippen LogP contribution in [0.25, 0.3) is 0 Å². The van der Waals surface area contributed by atoms with E-state index < -0.39 is 0 Å². The number of anilines is 1. The lowest BCUT2D eigenvalue weighted by atomic mass is 10.1. The van der Waals surface area contributed by atoms with Crippen molar-refractivity contribution in [2.45, 2.75) is 24.4 Å². The Morgan fingerprint density at radius 3 is 2.52 bits per heavy atom. The molecule has 1 aromatic heterocycles. The van der Waals surface area contributed by atoms with Gasteiger partial charge in [0.05, 0.1) is 12.2 Å². The summed E-state index contributed by atoms with van der Waals surface area (Å²) in [6, 6.07) is 17.1. The van der Waals surface area contributed by atoms with Gasteiger partial charge in [0.15, 0.2) is 0 Å². The van der Waals surface area contributed by atoms with Crippen LogP contribution in [0.2, 0.25) is 0 Å². The molecule has 8 heteroatoms. The maximum absolute atomic E-state index is 12.3. The number of benzene rings is 2. The summed E-state index contributed by atoms with van der Waals surface area (Å²) in [6.45, 7) is 1.14. The number of nitrogens with one attached hydrogen (secondary N) is 2. The van der Waals surface area contributed by atoms with Gasteiger partial charge in [-0.3, -0.25) is 9.48 Å². The van der Waals surface area contributed by atoms with Crippen LogP contribution in [-0.2, 0) is 17.9 Å². The minimum absolute atomic E-state index is 0.284. The quantitative estimate of drug-likeness (QED) is 0.472. The summed E-state index contributed by atoms with van der Waals surface area (Å²) in [5.41, 5.74) is 8.03. The van der Waals surface area contributed by atoms with Gasteiger partial charge in [0, 0.05) is 36.0 Å². The molecule has 0 radical (unpaired) electrons. The van der Waals surface area contributed by atoms with Crippen molar-refractivity contribution in [2.24, 2.45) is 5.73 Å². The van der Waals surface area contributed by atoms with Gasteiger partial charge in [0.2, 0.25) is 5.91 Å². The van der Waals surface area contributed by atoms with E-state index in [0.29, 0.717) is 31.0 Å². The molecule has 3 aromatic rings. The number of hydrogen-bond donors (Lipinski definition) is 3. The Labute approximate surface area is 173 Å². The van der Waals surface area contributed by atoms with E-state index in [1.807, 2.05) is 65.5 Å². The van der Waals surface area contributed by atoms with Crippen LogP contribution in [0.4, 0.5) is 10.5 Å². The number of amides is 3. The van der Waals surface area contributed by atoms with Crippen molar-refractivity contribution in [3.63, 3.8) is 0 Å². The first-order chi connectivity index (χ1) is 14.1. The molecule has 0 fully saturated rings. The first-order valence-electron chi connectivity index (χ1n) is 9.20. The van der Waals surface area contributed by atoms with Gasteiger partial charge in [-0.25, -0.2) is 4.79 Å². The van der Waals surface area contributed by atoms with Crippen LogP contribution in [0.15, 0.2) is 71.9 Å². The Kier molecular flexibility index (Phi) is 7.29. The van der Waals surface area contributed by atoms with E-state index in [9.17, 15) is 9.59 Å². The van der Waals surface area contributed by atoms with Gasteiger partial charge in [-0.05, 0) is 29.3 Å². The average molecular weight is 410 g/mol. The van der Waals surface area contributed by atoms with Gasteiger partial charge < -0.3 is 16.4 Å². The summed E-state index contributed by atoms with van der Waals surface area (Å²) in [7, 11) is 0. The molecule has 0 bridgehead atoms. The Morgan fingerprint density at radius 2 is 1.79 bits per heavy atom. The predicted octanol–water partition coefficient (Wildman–Crippen LogP) is 3.22. The summed E-state index contributed by atoms with van der Waals surface area (Å²) in [4.78, 5) is 24.1. The van der Waals surface area contributed by atoms with Crippen molar-refractivity contribution in [2.75, 3.05) is 11.1 Å². The number of para-hydroxylation sites is 1. The molecule has 1 heterocycles. The molecule has 0 atom stereocenters. The zero-order valence-corrected chi connectivity index (χ0v) is 16.7. The molecule has 3 rings (SSSR count). The molecule has 29 heavy (non-hydrogen) atoms. The minimum atomic E-state index is -0.337. The first kappa shape index (κ1) is 20.5. The average Bonchev–Trinajstić information content (AvgIpc) is 3.21. The summed E-state index contributed by atoms with van der Waals surface area (Å²) in [5.74, 6) is 0.233. The number of primary amides is 1. The van der Waals surface area contributed by atoms with Crippen molar-refractivity contribution >= 4 is 29.4 Å². The molecule has 0 saturated heterocycles. The SMILES string of the molecule is NC(=O)CCSc1ccccc1NC(=O)NCc1ccc(Cn2cccn2)cc1. The standard InChI is InChI=1S/C21H23N5O2S/c22-20(27)10-13-29-19-5-2-1-4-18(19)25-21(28)23-14-16-6-8-17(9-7-16)15-26-12-3-11-24-26/h1-9,11-12H,10,13-15H2,(H2,22,27)(H2,23,25,28). The molecule has 0 aliphatic heterocycles. The van der Waals surface area contributed by atoms with E-state index >= 15 is 0 Å². The molecule has 0 aliphatic carbocycles. The van der Waals surface area contributed by atoms with Crippen molar-refractivity contribution in [1.29, 1.82) is 0 Å². The number of nitrogens with two attached hydrogens (primary N) is 1.